The zero-order chi connectivity index (χ0) is 13.8. The molecule has 0 bridgehead atoms. The topological polar surface area (TPSA) is 49.8 Å². The highest BCUT2D eigenvalue weighted by molar-refractivity contribution is 5.47. The third-order valence-corrected chi connectivity index (χ3v) is 1.78. The summed E-state index contributed by atoms with van der Waals surface area (Å²) in [5.41, 5.74) is 0. The van der Waals surface area contributed by atoms with Gasteiger partial charge in [-0.3, -0.25) is 0 Å². The van der Waals surface area contributed by atoms with E-state index < -0.39 is 25.0 Å². The molecule has 0 aliphatic carbocycles. The minimum atomic E-state index is -4.73. The minimum Gasteiger partial charge on any atom is -0.370 e. The van der Waals surface area contributed by atoms with Gasteiger partial charge in [0.05, 0.1) is 6.54 Å². The van der Waals surface area contributed by atoms with Gasteiger partial charge in [0.25, 0.3) is 6.43 Å². The largest absolute Gasteiger partial charge is 0.451 e. The van der Waals surface area contributed by atoms with Crippen LogP contribution in [0.1, 0.15) is 12.7 Å². The molecule has 0 unspecified atom stereocenters. The molecule has 0 aliphatic heterocycles. The van der Waals surface area contributed by atoms with E-state index >= 15 is 0 Å². The molecule has 0 aromatic carbocycles. The molecule has 0 atom stereocenters. The fourth-order valence-electron chi connectivity index (χ4n) is 1.12. The first-order valence-electron chi connectivity index (χ1n) is 5.05. The molecule has 0 aliphatic rings. The van der Waals surface area contributed by atoms with Crippen molar-refractivity contribution in [3.63, 3.8) is 0 Å². The van der Waals surface area contributed by atoms with E-state index in [2.05, 4.69) is 20.6 Å². The van der Waals surface area contributed by atoms with Crippen molar-refractivity contribution in [1.29, 1.82) is 0 Å². The van der Waals surface area contributed by atoms with Crippen molar-refractivity contribution >= 4 is 11.6 Å². The van der Waals surface area contributed by atoms with Gasteiger partial charge in [-0.2, -0.15) is 13.2 Å². The number of anilines is 2. The summed E-state index contributed by atoms with van der Waals surface area (Å²) in [7, 11) is 0. The lowest BCUT2D eigenvalue weighted by Gasteiger charge is -2.11. The molecule has 1 aromatic heterocycles. The molecule has 0 fully saturated rings. The van der Waals surface area contributed by atoms with Crippen molar-refractivity contribution in [3.05, 3.63) is 11.9 Å². The average Bonchev–Trinajstić information content (AvgIpc) is 2.25. The molecule has 1 heterocycles. The Bertz CT molecular complexity index is 393. The van der Waals surface area contributed by atoms with Crippen LogP contribution in [0.2, 0.25) is 0 Å². The van der Waals surface area contributed by atoms with Crippen molar-refractivity contribution in [1.82, 2.24) is 9.97 Å². The first-order chi connectivity index (χ1) is 8.32. The highest BCUT2D eigenvalue weighted by Crippen LogP contribution is 2.28. The number of hydrogen-bond donors (Lipinski definition) is 2. The Kier molecular flexibility index (Phi) is 4.62. The van der Waals surface area contributed by atoms with Crippen LogP contribution in [0, 0.1) is 0 Å². The highest BCUT2D eigenvalue weighted by Gasteiger charge is 2.35. The van der Waals surface area contributed by atoms with Gasteiger partial charge < -0.3 is 10.6 Å². The van der Waals surface area contributed by atoms with Crippen LogP contribution < -0.4 is 10.6 Å². The molecule has 0 amide bonds. The smallest absolute Gasteiger partial charge is 0.370 e. The second-order valence-electron chi connectivity index (χ2n) is 3.26. The van der Waals surface area contributed by atoms with Gasteiger partial charge in [0, 0.05) is 12.6 Å². The summed E-state index contributed by atoms with van der Waals surface area (Å²) in [6.45, 7) is 1.24. The Labute approximate surface area is 99.6 Å². The van der Waals surface area contributed by atoms with Crippen molar-refractivity contribution in [2.75, 3.05) is 23.7 Å². The molecule has 18 heavy (non-hydrogen) atoms. The van der Waals surface area contributed by atoms with Crippen LogP contribution in [-0.2, 0) is 6.18 Å². The zero-order valence-corrected chi connectivity index (χ0v) is 9.35. The maximum atomic E-state index is 12.5. The zero-order valence-electron chi connectivity index (χ0n) is 9.35. The first kappa shape index (κ1) is 14.4. The quantitative estimate of drug-likeness (QED) is 0.807. The molecule has 1 rings (SSSR count). The fraction of sp³-hybridized carbons (Fsp3) is 0.556. The molecule has 102 valence electrons. The van der Waals surface area contributed by atoms with E-state index in [1.165, 1.54) is 0 Å². The van der Waals surface area contributed by atoms with E-state index in [4.69, 9.17) is 0 Å². The molecule has 4 nitrogen and oxygen atoms in total. The maximum absolute atomic E-state index is 12.5. The number of rotatable bonds is 5. The summed E-state index contributed by atoms with van der Waals surface area (Å²) in [4.78, 5) is 6.39. The molecule has 0 radical (unpaired) electrons. The molecule has 2 N–H and O–H groups in total. The van der Waals surface area contributed by atoms with Gasteiger partial charge in [-0.1, -0.05) is 0 Å². The number of nitrogens with zero attached hydrogens (tertiary/aromatic N) is 2. The Morgan fingerprint density at radius 2 is 1.72 bits per heavy atom. The summed E-state index contributed by atoms with van der Waals surface area (Å²) in [6, 6.07) is 1.14. The SMILES string of the molecule is CCNc1cc(NCC(F)F)nc(C(F)(F)F)n1. The van der Waals surface area contributed by atoms with Crippen molar-refractivity contribution in [2.45, 2.75) is 19.5 Å². The van der Waals surface area contributed by atoms with E-state index in [9.17, 15) is 22.0 Å². The molecule has 9 heteroatoms. The van der Waals surface area contributed by atoms with E-state index in [0.29, 0.717) is 6.54 Å². The Hall–Kier alpha value is -1.67. The van der Waals surface area contributed by atoms with Crippen molar-refractivity contribution < 1.29 is 22.0 Å². The van der Waals surface area contributed by atoms with Gasteiger partial charge in [-0.25, -0.2) is 18.7 Å². The van der Waals surface area contributed by atoms with Crippen LogP contribution in [-0.4, -0.2) is 29.5 Å². The summed E-state index contributed by atoms with van der Waals surface area (Å²) in [5.74, 6) is -1.75. The van der Waals surface area contributed by atoms with E-state index in [-0.39, 0.29) is 11.6 Å². The summed E-state index contributed by atoms with van der Waals surface area (Å²) >= 11 is 0. The van der Waals surface area contributed by atoms with Crippen molar-refractivity contribution in [3.8, 4) is 0 Å². The summed E-state index contributed by atoms with van der Waals surface area (Å²) < 4.78 is 61.3. The van der Waals surface area contributed by atoms with Crippen LogP contribution in [0.4, 0.5) is 33.6 Å². The number of nitrogens with one attached hydrogen (secondary N) is 2. The van der Waals surface area contributed by atoms with E-state index in [1.54, 1.807) is 6.92 Å². The van der Waals surface area contributed by atoms with Gasteiger partial charge in [-0.05, 0) is 6.92 Å². The Morgan fingerprint density at radius 1 is 1.17 bits per heavy atom. The average molecular weight is 270 g/mol. The minimum absolute atomic E-state index is 0.0726. The third-order valence-electron chi connectivity index (χ3n) is 1.78. The van der Waals surface area contributed by atoms with Gasteiger partial charge >= 0.3 is 6.18 Å². The number of halogens is 5. The standard InChI is InChI=1S/C9H11F5N4/c1-2-15-6-3-7(16-4-5(10)11)18-8(17-6)9(12,13)14/h3,5H,2,4H2,1H3,(H2,15,16,17,18). The Morgan fingerprint density at radius 3 is 2.17 bits per heavy atom. The lowest BCUT2D eigenvalue weighted by Crippen LogP contribution is -2.17. The lowest BCUT2D eigenvalue weighted by atomic mass is 10.4. The van der Waals surface area contributed by atoms with Crippen LogP contribution in [0.15, 0.2) is 6.07 Å². The number of hydrogen-bond acceptors (Lipinski definition) is 4. The fourth-order valence-corrected chi connectivity index (χ4v) is 1.12. The summed E-state index contributed by atoms with van der Waals surface area (Å²) in [6.07, 6.45) is -7.41. The molecular formula is C9H11F5N4. The van der Waals surface area contributed by atoms with Crippen LogP contribution >= 0.6 is 0 Å². The maximum Gasteiger partial charge on any atom is 0.451 e. The highest BCUT2D eigenvalue weighted by atomic mass is 19.4. The first-order valence-corrected chi connectivity index (χ1v) is 5.05. The van der Waals surface area contributed by atoms with E-state index in [0.717, 1.165) is 6.07 Å². The lowest BCUT2D eigenvalue weighted by molar-refractivity contribution is -0.144. The molecule has 1 aromatic rings. The van der Waals surface area contributed by atoms with Crippen molar-refractivity contribution in [2.24, 2.45) is 0 Å². The second kappa shape index (κ2) is 5.78. The predicted octanol–water partition coefficient (Wildman–Crippen LogP) is 2.60. The molecule has 0 saturated heterocycles. The van der Waals surface area contributed by atoms with Crippen LogP contribution in [0.25, 0.3) is 0 Å². The number of alkyl halides is 5. The monoisotopic (exact) mass is 270 g/mol. The normalized spacial score (nSPS) is 11.7. The third kappa shape index (κ3) is 4.30. The van der Waals surface area contributed by atoms with Gasteiger partial charge in [0.1, 0.15) is 11.6 Å². The van der Waals surface area contributed by atoms with E-state index in [1.807, 2.05) is 0 Å². The molecule has 0 saturated carbocycles. The summed E-state index contributed by atoms with van der Waals surface area (Å²) in [5, 5.41) is 4.68. The molecular weight excluding hydrogens is 259 g/mol. The van der Waals surface area contributed by atoms with Gasteiger partial charge in [0.2, 0.25) is 5.82 Å². The van der Waals surface area contributed by atoms with Gasteiger partial charge in [-0.15, -0.1) is 0 Å². The second-order valence-corrected chi connectivity index (χ2v) is 3.26. The van der Waals surface area contributed by atoms with Gasteiger partial charge in [0.15, 0.2) is 0 Å². The van der Waals surface area contributed by atoms with Crippen LogP contribution in [0.3, 0.4) is 0 Å². The number of aromatic nitrogens is 2. The van der Waals surface area contributed by atoms with Crippen LogP contribution in [0.5, 0.6) is 0 Å². The Balaban J connectivity index is 2.98. The molecule has 0 spiro atoms. The predicted molar refractivity (Wildman–Crippen MR) is 55.7 cm³/mol.